The van der Waals surface area contributed by atoms with Crippen LogP contribution in [0.1, 0.15) is 17.9 Å². The van der Waals surface area contributed by atoms with Crippen molar-refractivity contribution in [1.82, 2.24) is 4.90 Å². The predicted octanol–water partition coefficient (Wildman–Crippen LogP) is 2.39. The highest BCUT2D eigenvalue weighted by Gasteiger charge is 2.41. The molecule has 1 saturated heterocycles. The van der Waals surface area contributed by atoms with Gasteiger partial charge in [-0.15, -0.1) is 11.8 Å². The zero-order valence-corrected chi connectivity index (χ0v) is 11.2. The zero-order valence-electron chi connectivity index (χ0n) is 9.67. The molecule has 1 aromatic carbocycles. The molecule has 1 unspecified atom stereocenters. The summed E-state index contributed by atoms with van der Waals surface area (Å²) >= 11 is 7.53. The van der Waals surface area contributed by atoms with Gasteiger partial charge in [-0.25, -0.2) is 4.79 Å². The van der Waals surface area contributed by atoms with E-state index in [1.165, 1.54) is 23.6 Å². The van der Waals surface area contributed by atoms with Crippen molar-refractivity contribution in [2.75, 3.05) is 5.75 Å². The molecule has 1 heterocycles. The number of carbonyl (C=O) groups is 2. The zero-order chi connectivity index (χ0) is 13.3. The second-order valence-electron chi connectivity index (χ2n) is 3.99. The van der Waals surface area contributed by atoms with Gasteiger partial charge in [0.25, 0.3) is 0 Å². The van der Waals surface area contributed by atoms with Gasteiger partial charge in [0.05, 0.1) is 0 Å². The quantitative estimate of drug-likeness (QED) is 0.906. The Morgan fingerprint density at radius 3 is 2.67 bits per heavy atom. The Morgan fingerprint density at radius 2 is 2.11 bits per heavy atom. The number of thioether (sulfide) groups is 1. The first-order chi connectivity index (χ1) is 8.52. The molecule has 1 fully saturated rings. The molecule has 1 amide bonds. The number of carboxylic acids is 1. The molecule has 0 aromatic heterocycles. The Labute approximate surface area is 114 Å². The van der Waals surface area contributed by atoms with Crippen molar-refractivity contribution in [2.24, 2.45) is 0 Å². The van der Waals surface area contributed by atoms with Gasteiger partial charge in [-0.2, -0.15) is 0 Å². The number of rotatable bonds is 2. The number of hydrogen-bond donors (Lipinski definition) is 1. The Balaban J connectivity index is 2.37. The minimum Gasteiger partial charge on any atom is -0.480 e. The molecule has 0 bridgehead atoms. The third-order valence-corrected chi connectivity index (χ3v) is 4.47. The van der Waals surface area contributed by atoms with Crippen molar-refractivity contribution < 1.29 is 14.7 Å². The van der Waals surface area contributed by atoms with Crippen molar-refractivity contribution in [3.8, 4) is 0 Å². The van der Waals surface area contributed by atoms with Gasteiger partial charge in [0, 0.05) is 23.3 Å². The number of aliphatic carboxylic acids is 1. The highest BCUT2D eigenvalue weighted by Crippen LogP contribution is 2.43. The van der Waals surface area contributed by atoms with E-state index in [-0.39, 0.29) is 11.3 Å². The lowest BCUT2D eigenvalue weighted by molar-refractivity contribution is -0.148. The van der Waals surface area contributed by atoms with E-state index in [9.17, 15) is 9.59 Å². The molecule has 0 radical (unpaired) electrons. The molecule has 2 rings (SSSR count). The van der Waals surface area contributed by atoms with Gasteiger partial charge in [-0.3, -0.25) is 4.79 Å². The minimum atomic E-state index is -0.979. The fraction of sp³-hybridized carbons (Fsp3) is 0.333. The first-order valence-corrected chi connectivity index (χ1v) is 6.82. The lowest BCUT2D eigenvalue weighted by Crippen LogP contribution is -2.41. The van der Waals surface area contributed by atoms with E-state index in [0.717, 1.165) is 5.56 Å². The van der Waals surface area contributed by atoms with E-state index >= 15 is 0 Å². The van der Waals surface area contributed by atoms with Crippen molar-refractivity contribution in [3.63, 3.8) is 0 Å². The van der Waals surface area contributed by atoms with Gasteiger partial charge in [0.2, 0.25) is 5.91 Å². The van der Waals surface area contributed by atoms with E-state index in [4.69, 9.17) is 16.7 Å². The van der Waals surface area contributed by atoms with E-state index in [0.29, 0.717) is 10.8 Å². The smallest absolute Gasteiger partial charge is 0.327 e. The molecular formula is C12H12ClNO3S. The Kier molecular flexibility index (Phi) is 3.82. The summed E-state index contributed by atoms with van der Waals surface area (Å²) in [5.74, 6) is -0.852. The second kappa shape index (κ2) is 5.20. The number of carboxylic acid groups (broad SMARTS) is 1. The Morgan fingerprint density at radius 1 is 1.44 bits per heavy atom. The molecule has 0 saturated carbocycles. The summed E-state index contributed by atoms with van der Waals surface area (Å²) in [4.78, 5) is 24.2. The van der Waals surface area contributed by atoms with E-state index in [2.05, 4.69) is 0 Å². The standard InChI is InChI=1S/C12H12ClNO3S/c1-7(15)14-10(12(16)17)6-18-11(14)8-4-2-3-5-9(8)13/h2-5,10-11H,6H2,1H3,(H,16,17)/t10-,11?/m0/s1. The van der Waals surface area contributed by atoms with Crippen LogP contribution in [0.15, 0.2) is 24.3 Å². The number of benzene rings is 1. The van der Waals surface area contributed by atoms with Crippen molar-refractivity contribution in [3.05, 3.63) is 34.9 Å². The van der Waals surface area contributed by atoms with Crippen LogP contribution in [-0.4, -0.2) is 33.7 Å². The molecule has 96 valence electrons. The molecule has 6 heteroatoms. The first kappa shape index (κ1) is 13.2. The van der Waals surface area contributed by atoms with Gasteiger partial charge in [0.1, 0.15) is 11.4 Å². The first-order valence-electron chi connectivity index (χ1n) is 5.40. The van der Waals surface area contributed by atoms with Gasteiger partial charge in [-0.1, -0.05) is 29.8 Å². The van der Waals surface area contributed by atoms with E-state index < -0.39 is 12.0 Å². The van der Waals surface area contributed by atoms with Crippen LogP contribution in [0.3, 0.4) is 0 Å². The summed E-state index contributed by atoms with van der Waals surface area (Å²) < 4.78 is 0. The monoisotopic (exact) mass is 285 g/mol. The van der Waals surface area contributed by atoms with Gasteiger partial charge in [0.15, 0.2) is 0 Å². The van der Waals surface area contributed by atoms with Gasteiger partial charge >= 0.3 is 5.97 Å². The SMILES string of the molecule is CC(=O)N1C(c2ccccc2Cl)SC[C@H]1C(=O)O. The molecule has 1 aromatic rings. The van der Waals surface area contributed by atoms with Crippen LogP contribution in [0, 0.1) is 0 Å². The maximum absolute atomic E-state index is 11.7. The fourth-order valence-corrected chi connectivity index (χ4v) is 3.81. The topological polar surface area (TPSA) is 57.6 Å². The van der Waals surface area contributed by atoms with Crippen molar-refractivity contribution in [2.45, 2.75) is 18.3 Å². The van der Waals surface area contributed by atoms with Crippen LogP contribution in [0.2, 0.25) is 5.02 Å². The number of halogens is 1. The van der Waals surface area contributed by atoms with Crippen LogP contribution in [-0.2, 0) is 9.59 Å². The lowest BCUT2D eigenvalue weighted by Gasteiger charge is -2.26. The average molecular weight is 286 g/mol. The summed E-state index contributed by atoms with van der Waals surface area (Å²) in [6.45, 7) is 1.38. The van der Waals surface area contributed by atoms with Crippen molar-refractivity contribution >= 4 is 35.2 Å². The largest absolute Gasteiger partial charge is 0.480 e. The van der Waals surface area contributed by atoms with Gasteiger partial charge in [-0.05, 0) is 6.07 Å². The Hall–Kier alpha value is -1.20. The fourth-order valence-electron chi connectivity index (χ4n) is 2.00. The maximum Gasteiger partial charge on any atom is 0.327 e. The number of nitrogens with zero attached hydrogens (tertiary/aromatic N) is 1. The van der Waals surface area contributed by atoms with E-state index in [1.807, 2.05) is 12.1 Å². The third kappa shape index (κ3) is 2.33. The molecule has 4 nitrogen and oxygen atoms in total. The molecular weight excluding hydrogens is 274 g/mol. The van der Waals surface area contributed by atoms with Crippen LogP contribution in [0.25, 0.3) is 0 Å². The molecule has 1 N–H and O–H groups in total. The normalized spacial score (nSPS) is 23.1. The van der Waals surface area contributed by atoms with Crippen LogP contribution < -0.4 is 0 Å². The summed E-state index contributed by atoms with van der Waals surface area (Å²) in [6, 6.07) is 6.41. The maximum atomic E-state index is 11.7. The highest BCUT2D eigenvalue weighted by atomic mass is 35.5. The number of hydrogen-bond acceptors (Lipinski definition) is 3. The molecule has 1 aliphatic rings. The molecule has 1 aliphatic heterocycles. The lowest BCUT2D eigenvalue weighted by atomic mass is 10.1. The van der Waals surface area contributed by atoms with E-state index in [1.54, 1.807) is 12.1 Å². The summed E-state index contributed by atoms with van der Waals surface area (Å²) in [5, 5.41) is 9.35. The summed E-state index contributed by atoms with van der Waals surface area (Å²) in [5.41, 5.74) is 0.781. The van der Waals surface area contributed by atoms with Crippen LogP contribution in [0.4, 0.5) is 0 Å². The minimum absolute atomic E-state index is 0.252. The van der Waals surface area contributed by atoms with Gasteiger partial charge < -0.3 is 10.0 Å². The molecule has 18 heavy (non-hydrogen) atoms. The molecule has 0 aliphatic carbocycles. The number of amides is 1. The highest BCUT2D eigenvalue weighted by molar-refractivity contribution is 7.99. The van der Waals surface area contributed by atoms with Crippen molar-refractivity contribution in [1.29, 1.82) is 0 Å². The third-order valence-electron chi connectivity index (χ3n) is 2.82. The van der Waals surface area contributed by atoms with Crippen LogP contribution in [0.5, 0.6) is 0 Å². The van der Waals surface area contributed by atoms with Crippen LogP contribution >= 0.6 is 23.4 Å². The molecule has 2 atom stereocenters. The summed E-state index contributed by atoms with van der Waals surface area (Å²) in [7, 11) is 0. The second-order valence-corrected chi connectivity index (χ2v) is 5.51. The number of carbonyl (C=O) groups excluding carboxylic acids is 1. The molecule has 0 spiro atoms. The Bertz CT molecular complexity index is 494. The summed E-state index contributed by atoms with van der Waals surface area (Å²) in [6.07, 6.45) is 0. The average Bonchev–Trinajstić information content (AvgIpc) is 2.74. The predicted molar refractivity (Wildman–Crippen MR) is 70.6 cm³/mol.